The summed E-state index contributed by atoms with van der Waals surface area (Å²) in [4.78, 5) is 28.8. The van der Waals surface area contributed by atoms with Crippen LogP contribution in [0.4, 0.5) is 0 Å². The summed E-state index contributed by atoms with van der Waals surface area (Å²) in [5.41, 5.74) is 7.52. The number of esters is 1. The van der Waals surface area contributed by atoms with Crippen LogP contribution in [-0.2, 0) is 9.53 Å². The zero-order valence-electron chi connectivity index (χ0n) is 15.8. The van der Waals surface area contributed by atoms with Crippen molar-refractivity contribution in [2.24, 2.45) is 5.92 Å². The minimum absolute atomic E-state index is 0.0147. The van der Waals surface area contributed by atoms with Gasteiger partial charge >= 0.3 is 5.97 Å². The van der Waals surface area contributed by atoms with Gasteiger partial charge in [-0.25, -0.2) is 5.43 Å². The van der Waals surface area contributed by atoms with Gasteiger partial charge in [0.15, 0.2) is 5.82 Å². The summed E-state index contributed by atoms with van der Waals surface area (Å²) in [7, 11) is 1.39. The fourth-order valence-corrected chi connectivity index (χ4v) is 4.00. The molecule has 1 aromatic carbocycles. The molecule has 2 heterocycles. The third-order valence-corrected chi connectivity index (χ3v) is 5.46. The standard InChI is InChI=1S/C19H23N5O4/c1-10-20-18(28-24-10)12-5-3-11(4-6-12)17(25)21-13-7-8-15-14(9-13)16(23-22-15)19(26)27-2/h3-6,13-16,22-23H,7-9H2,1-2H3,(H,21,25). The lowest BCUT2D eigenvalue weighted by molar-refractivity contribution is -0.144. The van der Waals surface area contributed by atoms with Crippen molar-refractivity contribution in [1.29, 1.82) is 0 Å². The highest BCUT2D eigenvalue weighted by Crippen LogP contribution is 2.31. The number of fused-ring (bicyclic) bond motifs is 1. The van der Waals surface area contributed by atoms with E-state index in [1.165, 1.54) is 7.11 Å². The lowest BCUT2D eigenvalue weighted by Gasteiger charge is -2.32. The number of aryl methyl sites for hydroxylation is 1. The Labute approximate surface area is 162 Å². The van der Waals surface area contributed by atoms with Crippen LogP contribution in [0, 0.1) is 12.8 Å². The van der Waals surface area contributed by atoms with E-state index in [-0.39, 0.29) is 35.9 Å². The molecule has 1 aliphatic carbocycles. The van der Waals surface area contributed by atoms with Crippen LogP contribution in [0.25, 0.3) is 11.5 Å². The van der Waals surface area contributed by atoms with Gasteiger partial charge in [0.1, 0.15) is 6.04 Å². The Bertz CT molecular complexity index is 865. The quantitative estimate of drug-likeness (QED) is 0.666. The normalized spacial score (nSPS) is 26.5. The zero-order chi connectivity index (χ0) is 19.7. The van der Waals surface area contributed by atoms with Crippen molar-refractivity contribution in [1.82, 2.24) is 26.3 Å². The van der Waals surface area contributed by atoms with Gasteiger partial charge in [-0.15, -0.1) is 0 Å². The van der Waals surface area contributed by atoms with Crippen LogP contribution in [0.15, 0.2) is 28.8 Å². The molecule has 0 spiro atoms. The van der Waals surface area contributed by atoms with Crippen LogP contribution in [0.5, 0.6) is 0 Å². The van der Waals surface area contributed by atoms with E-state index in [9.17, 15) is 9.59 Å². The van der Waals surface area contributed by atoms with Crippen molar-refractivity contribution in [2.75, 3.05) is 7.11 Å². The van der Waals surface area contributed by atoms with Gasteiger partial charge in [0.2, 0.25) is 0 Å². The van der Waals surface area contributed by atoms with Gasteiger partial charge in [-0.05, 0) is 50.5 Å². The SMILES string of the molecule is COC(=O)C1NNC2CCC(NC(=O)c3ccc(-c4nc(C)no4)cc3)CC21. The van der Waals surface area contributed by atoms with Gasteiger partial charge in [-0.1, -0.05) is 5.16 Å². The Morgan fingerprint density at radius 2 is 2.00 bits per heavy atom. The minimum atomic E-state index is -0.383. The van der Waals surface area contributed by atoms with Gasteiger partial charge in [-0.2, -0.15) is 4.98 Å². The van der Waals surface area contributed by atoms with E-state index < -0.39 is 0 Å². The van der Waals surface area contributed by atoms with E-state index in [0.717, 1.165) is 24.8 Å². The topological polar surface area (TPSA) is 118 Å². The van der Waals surface area contributed by atoms with Gasteiger partial charge in [0.25, 0.3) is 11.8 Å². The molecule has 9 heteroatoms. The summed E-state index contributed by atoms with van der Waals surface area (Å²) in [6, 6.07) is 6.91. The Kier molecular flexibility index (Phi) is 5.10. The van der Waals surface area contributed by atoms with Crippen molar-refractivity contribution < 1.29 is 18.8 Å². The highest BCUT2D eigenvalue weighted by atomic mass is 16.5. The van der Waals surface area contributed by atoms with Crippen LogP contribution in [-0.4, -0.2) is 47.3 Å². The molecule has 3 N–H and O–H groups in total. The molecule has 4 unspecified atom stereocenters. The van der Waals surface area contributed by atoms with E-state index in [2.05, 4.69) is 26.3 Å². The Balaban J connectivity index is 1.39. The number of nitrogens with one attached hydrogen (secondary N) is 3. The first-order valence-electron chi connectivity index (χ1n) is 9.35. The molecular weight excluding hydrogens is 362 g/mol. The van der Waals surface area contributed by atoms with Gasteiger partial charge in [0, 0.05) is 29.1 Å². The molecule has 0 radical (unpaired) electrons. The smallest absolute Gasteiger partial charge is 0.324 e. The van der Waals surface area contributed by atoms with Crippen molar-refractivity contribution >= 4 is 11.9 Å². The summed E-state index contributed by atoms with van der Waals surface area (Å²) < 4.78 is 10.0. The molecule has 2 aliphatic rings. The van der Waals surface area contributed by atoms with E-state index in [4.69, 9.17) is 9.26 Å². The number of carbonyl (C=O) groups excluding carboxylic acids is 2. The maximum Gasteiger partial charge on any atom is 0.324 e. The first-order chi connectivity index (χ1) is 13.5. The molecule has 4 rings (SSSR count). The molecule has 9 nitrogen and oxygen atoms in total. The number of hydrogen-bond acceptors (Lipinski definition) is 8. The molecule has 2 fully saturated rings. The van der Waals surface area contributed by atoms with Gasteiger partial charge in [-0.3, -0.25) is 15.0 Å². The second kappa shape index (κ2) is 7.69. The van der Waals surface area contributed by atoms with Gasteiger partial charge in [0.05, 0.1) is 7.11 Å². The largest absolute Gasteiger partial charge is 0.468 e. The first-order valence-corrected chi connectivity index (χ1v) is 9.35. The maximum atomic E-state index is 12.6. The number of hydrazine groups is 1. The van der Waals surface area contributed by atoms with E-state index in [0.29, 0.717) is 17.3 Å². The van der Waals surface area contributed by atoms with Gasteiger partial charge < -0.3 is 14.6 Å². The highest BCUT2D eigenvalue weighted by Gasteiger charge is 2.44. The minimum Gasteiger partial charge on any atom is -0.468 e. The van der Waals surface area contributed by atoms with Crippen LogP contribution >= 0.6 is 0 Å². The number of rotatable bonds is 4. The maximum absolute atomic E-state index is 12.6. The number of nitrogens with zero attached hydrogens (tertiary/aromatic N) is 2. The third-order valence-electron chi connectivity index (χ3n) is 5.46. The van der Waals surface area contributed by atoms with Crippen LogP contribution < -0.4 is 16.2 Å². The molecule has 1 aromatic heterocycles. The average Bonchev–Trinajstić information content (AvgIpc) is 3.33. The third kappa shape index (κ3) is 3.63. The number of aromatic nitrogens is 2. The molecule has 148 valence electrons. The molecule has 1 aliphatic heterocycles. The van der Waals surface area contributed by atoms with Crippen LogP contribution in [0.3, 0.4) is 0 Å². The van der Waals surface area contributed by atoms with Crippen molar-refractivity contribution in [3.8, 4) is 11.5 Å². The van der Waals surface area contributed by atoms with E-state index in [1.54, 1.807) is 31.2 Å². The van der Waals surface area contributed by atoms with Crippen LogP contribution in [0.2, 0.25) is 0 Å². The van der Waals surface area contributed by atoms with E-state index >= 15 is 0 Å². The fraction of sp³-hybridized carbons (Fsp3) is 0.474. The lowest BCUT2D eigenvalue weighted by Crippen LogP contribution is -2.46. The molecular formula is C19H23N5O4. The fourth-order valence-electron chi connectivity index (χ4n) is 4.00. The Morgan fingerprint density at radius 3 is 2.68 bits per heavy atom. The zero-order valence-corrected chi connectivity index (χ0v) is 15.8. The second-order valence-corrected chi connectivity index (χ2v) is 7.27. The van der Waals surface area contributed by atoms with E-state index in [1.807, 2.05) is 0 Å². The highest BCUT2D eigenvalue weighted by molar-refractivity contribution is 5.94. The summed E-state index contributed by atoms with van der Waals surface area (Å²) in [5, 5.41) is 6.86. The van der Waals surface area contributed by atoms with Crippen molar-refractivity contribution in [2.45, 2.75) is 44.3 Å². The molecule has 4 atom stereocenters. The number of hydrogen-bond donors (Lipinski definition) is 3. The number of methoxy groups -OCH3 is 1. The summed E-state index contributed by atoms with van der Waals surface area (Å²) in [5.74, 6) is 0.671. The molecule has 0 bridgehead atoms. The Hall–Kier alpha value is -2.78. The second-order valence-electron chi connectivity index (χ2n) is 7.27. The molecule has 1 saturated heterocycles. The number of amides is 1. The van der Waals surface area contributed by atoms with Crippen LogP contribution in [0.1, 0.15) is 35.4 Å². The Morgan fingerprint density at radius 1 is 1.21 bits per heavy atom. The van der Waals surface area contributed by atoms with Crippen molar-refractivity contribution in [3.05, 3.63) is 35.7 Å². The summed E-state index contributed by atoms with van der Waals surface area (Å²) in [6.45, 7) is 1.75. The predicted molar refractivity (Wildman–Crippen MR) is 98.9 cm³/mol. The molecule has 1 amide bonds. The summed E-state index contributed by atoms with van der Waals surface area (Å²) >= 11 is 0. The summed E-state index contributed by atoms with van der Waals surface area (Å²) in [6.07, 6.45) is 2.45. The predicted octanol–water partition coefficient (Wildman–Crippen LogP) is 0.962. The first kappa shape index (κ1) is 18.6. The number of carbonyl (C=O) groups is 2. The average molecular weight is 385 g/mol. The van der Waals surface area contributed by atoms with Crippen molar-refractivity contribution in [3.63, 3.8) is 0 Å². The number of ether oxygens (including phenoxy) is 1. The number of benzene rings is 1. The monoisotopic (exact) mass is 385 g/mol. The molecule has 28 heavy (non-hydrogen) atoms. The molecule has 1 saturated carbocycles. The molecule has 2 aromatic rings. The lowest BCUT2D eigenvalue weighted by atomic mass is 9.79.